The molecule has 2 aromatic rings. The Kier molecular flexibility index (Phi) is 6.22. The quantitative estimate of drug-likeness (QED) is 0.311. The fourth-order valence-electron chi connectivity index (χ4n) is 2.02. The molecule has 0 aromatic heterocycles. The summed E-state index contributed by atoms with van der Waals surface area (Å²) < 4.78 is 0. The average Bonchev–Trinajstić information content (AvgIpc) is 2.63. The topological polar surface area (TPSA) is 137 Å². The monoisotopic (exact) mass is 365 g/mol. The lowest BCUT2D eigenvalue weighted by Crippen LogP contribution is -2.14. The van der Waals surface area contributed by atoms with E-state index in [1.165, 1.54) is 37.4 Å². The van der Waals surface area contributed by atoms with E-state index >= 15 is 0 Å². The molecule has 0 spiro atoms. The van der Waals surface area contributed by atoms with Gasteiger partial charge in [-0.2, -0.15) is 5.26 Å². The van der Waals surface area contributed by atoms with Crippen molar-refractivity contribution in [2.45, 2.75) is 6.92 Å². The van der Waals surface area contributed by atoms with Crippen LogP contribution in [0.2, 0.25) is 0 Å². The lowest BCUT2D eigenvalue weighted by Gasteiger charge is -2.06. The van der Waals surface area contributed by atoms with Crippen molar-refractivity contribution >= 4 is 34.6 Å². The largest absolute Gasteiger partial charge is 0.360 e. The normalized spacial score (nSPS) is 10.4. The van der Waals surface area contributed by atoms with Gasteiger partial charge in [-0.05, 0) is 36.4 Å². The molecule has 0 bridgehead atoms. The highest BCUT2D eigenvalue weighted by atomic mass is 16.6. The van der Waals surface area contributed by atoms with Crippen LogP contribution < -0.4 is 16.0 Å². The van der Waals surface area contributed by atoms with Crippen molar-refractivity contribution < 1.29 is 14.5 Å². The molecule has 0 atom stereocenters. The first-order valence-electron chi connectivity index (χ1n) is 7.69. The number of nitro groups is 1. The van der Waals surface area contributed by atoms with Crippen LogP contribution in [0.5, 0.6) is 0 Å². The summed E-state index contributed by atoms with van der Waals surface area (Å²) in [6, 6.07) is 13.7. The second kappa shape index (κ2) is 8.77. The Morgan fingerprint density at radius 3 is 2.04 bits per heavy atom. The molecule has 0 aliphatic heterocycles. The van der Waals surface area contributed by atoms with Crippen molar-refractivity contribution in [3.05, 3.63) is 70.4 Å². The summed E-state index contributed by atoms with van der Waals surface area (Å²) >= 11 is 0. The molecule has 136 valence electrons. The van der Waals surface area contributed by atoms with Crippen molar-refractivity contribution in [1.82, 2.24) is 0 Å². The van der Waals surface area contributed by atoms with Gasteiger partial charge >= 0.3 is 0 Å². The summed E-state index contributed by atoms with van der Waals surface area (Å²) in [6.07, 6.45) is 1.24. The zero-order valence-corrected chi connectivity index (χ0v) is 14.2. The standard InChI is InChI=1S/C18H15N5O4/c1-12(24)21-15-4-2-14(3-5-15)20-11-13(10-19)18(25)22-16-6-8-17(9-7-16)23(26)27/h2-9,11,20H,1H3,(H,21,24)(H,22,25)/b13-11-. The molecule has 0 aliphatic carbocycles. The fraction of sp³-hybridized carbons (Fsp3) is 0.0556. The number of nitro benzene ring substituents is 1. The zero-order chi connectivity index (χ0) is 19.8. The minimum atomic E-state index is -0.659. The number of hydrogen-bond donors (Lipinski definition) is 3. The first-order chi connectivity index (χ1) is 12.9. The third-order valence-electron chi connectivity index (χ3n) is 3.29. The van der Waals surface area contributed by atoms with Gasteiger partial charge in [0, 0.05) is 42.3 Å². The average molecular weight is 365 g/mol. The number of rotatable bonds is 6. The highest BCUT2D eigenvalue weighted by Crippen LogP contribution is 2.17. The summed E-state index contributed by atoms with van der Waals surface area (Å²) in [4.78, 5) is 33.2. The predicted octanol–water partition coefficient (Wildman–Crippen LogP) is 3.01. The Hall–Kier alpha value is -4.19. The number of carbonyl (C=O) groups excluding carboxylic acids is 2. The molecule has 3 N–H and O–H groups in total. The van der Waals surface area contributed by atoms with Crippen LogP contribution in [-0.2, 0) is 9.59 Å². The lowest BCUT2D eigenvalue weighted by molar-refractivity contribution is -0.384. The van der Waals surface area contributed by atoms with Gasteiger partial charge in [-0.1, -0.05) is 0 Å². The Balaban J connectivity index is 2.02. The van der Waals surface area contributed by atoms with Crippen molar-refractivity contribution in [2.24, 2.45) is 0 Å². The van der Waals surface area contributed by atoms with E-state index in [4.69, 9.17) is 5.26 Å². The van der Waals surface area contributed by atoms with Crippen LogP contribution in [-0.4, -0.2) is 16.7 Å². The number of nitrogens with zero attached hydrogens (tertiary/aromatic N) is 2. The van der Waals surface area contributed by atoms with Gasteiger partial charge in [0.05, 0.1) is 4.92 Å². The molecule has 9 nitrogen and oxygen atoms in total. The Labute approximate surface area is 154 Å². The lowest BCUT2D eigenvalue weighted by atomic mass is 10.2. The van der Waals surface area contributed by atoms with E-state index in [1.54, 1.807) is 30.3 Å². The summed E-state index contributed by atoms with van der Waals surface area (Å²) in [7, 11) is 0. The molecule has 0 radical (unpaired) electrons. The maximum Gasteiger partial charge on any atom is 0.269 e. The van der Waals surface area contributed by atoms with Crippen LogP contribution in [0.1, 0.15) is 6.92 Å². The Morgan fingerprint density at radius 1 is 1.00 bits per heavy atom. The molecule has 27 heavy (non-hydrogen) atoms. The molecule has 0 fully saturated rings. The maximum atomic E-state index is 12.1. The summed E-state index contributed by atoms with van der Waals surface area (Å²) in [5, 5.41) is 27.7. The smallest absolute Gasteiger partial charge is 0.269 e. The third-order valence-corrected chi connectivity index (χ3v) is 3.29. The summed E-state index contributed by atoms with van der Waals surface area (Å²) in [5.74, 6) is -0.848. The minimum absolute atomic E-state index is 0.103. The van der Waals surface area contributed by atoms with E-state index in [9.17, 15) is 19.7 Å². The number of anilines is 3. The second-order valence-electron chi connectivity index (χ2n) is 5.33. The molecule has 2 amide bonds. The van der Waals surface area contributed by atoms with Crippen LogP contribution in [0.25, 0.3) is 0 Å². The van der Waals surface area contributed by atoms with Crippen LogP contribution in [0.4, 0.5) is 22.7 Å². The van der Waals surface area contributed by atoms with Gasteiger partial charge in [0.15, 0.2) is 0 Å². The predicted molar refractivity (Wildman–Crippen MR) is 99.8 cm³/mol. The molecule has 0 aliphatic rings. The van der Waals surface area contributed by atoms with Crippen molar-refractivity contribution in [1.29, 1.82) is 5.26 Å². The van der Waals surface area contributed by atoms with Gasteiger partial charge in [-0.15, -0.1) is 0 Å². The Bertz CT molecular complexity index is 928. The maximum absolute atomic E-state index is 12.1. The van der Waals surface area contributed by atoms with Crippen molar-refractivity contribution in [3.63, 3.8) is 0 Å². The van der Waals surface area contributed by atoms with Gasteiger partial charge in [0.2, 0.25) is 5.91 Å². The summed E-state index contributed by atoms with van der Waals surface area (Å²) in [6.45, 7) is 1.40. The first kappa shape index (κ1) is 19.1. The molecule has 9 heteroatoms. The fourth-order valence-corrected chi connectivity index (χ4v) is 2.02. The molecule has 0 unspecified atom stereocenters. The highest BCUT2D eigenvalue weighted by molar-refractivity contribution is 6.06. The minimum Gasteiger partial charge on any atom is -0.360 e. The third kappa shape index (κ3) is 5.68. The number of benzene rings is 2. The SMILES string of the molecule is CC(=O)Nc1ccc(N/C=C(/C#N)C(=O)Nc2ccc([N+](=O)[O-])cc2)cc1. The molecule has 0 saturated heterocycles. The first-order valence-corrected chi connectivity index (χ1v) is 7.69. The van der Waals surface area contributed by atoms with E-state index in [-0.39, 0.29) is 17.2 Å². The molecule has 2 aromatic carbocycles. The number of non-ortho nitro benzene ring substituents is 1. The number of nitriles is 1. The van der Waals surface area contributed by atoms with Crippen LogP contribution in [0.3, 0.4) is 0 Å². The van der Waals surface area contributed by atoms with Crippen LogP contribution in [0, 0.1) is 21.4 Å². The molecular formula is C18H15N5O4. The van der Waals surface area contributed by atoms with Crippen molar-refractivity contribution in [3.8, 4) is 6.07 Å². The number of nitrogens with one attached hydrogen (secondary N) is 3. The van der Waals surface area contributed by atoms with Gasteiger partial charge in [0.1, 0.15) is 11.6 Å². The molecule has 2 rings (SSSR count). The van der Waals surface area contributed by atoms with E-state index in [2.05, 4.69) is 16.0 Å². The number of hydrogen-bond acceptors (Lipinski definition) is 6. The molecule has 0 saturated carbocycles. The van der Waals surface area contributed by atoms with E-state index in [0.717, 1.165) is 0 Å². The van der Waals surface area contributed by atoms with Gasteiger partial charge in [0.25, 0.3) is 11.6 Å². The number of carbonyl (C=O) groups is 2. The zero-order valence-electron chi connectivity index (χ0n) is 14.2. The highest BCUT2D eigenvalue weighted by Gasteiger charge is 2.11. The Morgan fingerprint density at radius 2 is 1.52 bits per heavy atom. The summed E-state index contributed by atoms with van der Waals surface area (Å²) in [5.41, 5.74) is 1.27. The van der Waals surface area contributed by atoms with Crippen LogP contribution >= 0.6 is 0 Å². The molecular weight excluding hydrogens is 350 g/mol. The van der Waals surface area contributed by atoms with Gasteiger partial charge < -0.3 is 16.0 Å². The van der Waals surface area contributed by atoms with E-state index < -0.39 is 10.8 Å². The van der Waals surface area contributed by atoms with Gasteiger partial charge in [-0.25, -0.2) is 0 Å². The molecule has 0 heterocycles. The second-order valence-corrected chi connectivity index (χ2v) is 5.33. The van der Waals surface area contributed by atoms with E-state index in [0.29, 0.717) is 17.1 Å². The van der Waals surface area contributed by atoms with Crippen LogP contribution in [0.15, 0.2) is 60.3 Å². The van der Waals surface area contributed by atoms with E-state index in [1.807, 2.05) is 0 Å². The van der Waals surface area contributed by atoms with Crippen molar-refractivity contribution in [2.75, 3.05) is 16.0 Å². The number of amides is 2. The van der Waals surface area contributed by atoms with Gasteiger partial charge in [-0.3, -0.25) is 19.7 Å².